The van der Waals surface area contributed by atoms with Crippen molar-refractivity contribution in [3.8, 4) is 0 Å². The van der Waals surface area contributed by atoms with E-state index >= 15 is 0 Å². The maximum atomic E-state index is 12.2. The highest BCUT2D eigenvalue weighted by Gasteiger charge is 2.26. The molecule has 0 aliphatic heterocycles. The molecule has 0 heterocycles. The van der Waals surface area contributed by atoms with Crippen LogP contribution in [0.1, 0.15) is 54.0 Å². The quantitative estimate of drug-likeness (QED) is 0.342. The lowest BCUT2D eigenvalue weighted by atomic mass is 9.85. The minimum Gasteiger partial charge on any atom is -0.452 e. The van der Waals surface area contributed by atoms with Crippen molar-refractivity contribution >= 4 is 29.0 Å². The fourth-order valence-electron chi connectivity index (χ4n) is 2.67. The van der Waals surface area contributed by atoms with Gasteiger partial charge in [-0.1, -0.05) is 39.0 Å². The fourth-order valence-corrected chi connectivity index (χ4v) is 2.67. The maximum absolute atomic E-state index is 12.2. The lowest BCUT2D eigenvalue weighted by molar-refractivity contribution is -0.386. The molecule has 0 radical (unpaired) electrons. The number of hydrogen-bond acceptors (Lipinski definition) is 6. The zero-order valence-corrected chi connectivity index (χ0v) is 16.6. The van der Waals surface area contributed by atoms with E-state index in [1.807, 2.05) is 20.8 Å². The van der Waals surface area contributed by atoms with Gasteiger partial charge in [-0.25, -0.2) is 4.79 Å². The summed E-state index contributed by atoms with van der Waals surface area (Å²) in [5.41, 5.74) is 0.643. The number of esters is 1. The van der Waals surface area contributed by atoms with E-state index in [-0.39, 0.29) is 17.0 Å². The van der Waals surface area contributed by atoms with Crippen molar-refractivity contribution in [3.05, 3.63) is 69.3 Å². The van der Waals surface area contributed by atoms with E-state index in [4.69, 9.17) is 4.74 Å². The number of benzene rings is 2. The standard InChI is InChI=1S/C21H22N2O6/c1-13(24)14-6-5-7-16(10-14)22-19(25)12-29-20(26)15-8-9-17(21(2,3)4)18(11-15)23(27)28/h5-11H,12H2,1-4H3,(H,22,25). The summed E-state index contributed by atoms with van der Waals surface area (Å²) in [5.74, 6) is -1.59. The van der Waals surface area contributed by atoms with Crippen molar-refractivity contribution in [1.29, 1.82) is 0 Å². The molecule has 29 heavy (non-hydrogen) atoms. The summed E-state index contributed by atoms with van der Waals surface area (Å²) >= 11 is 0. The summed E-state index contributed by atoms with van der Waals surface area (Å²) in [5, 5.41) is 13.9. The molecule has 2 rings (SSSR count). The van der Waals surface area contributed by atoms with Crippen LogP contribution in [0.15, 0.2) is 42.5 Å². The largest absolute Gasteiger partial charge is 0.452 e. The minimum atomic E-state index is -0.846. The second-order valence-corrected chi connectivity index (χ2v) is 7.50. The Morgan fingerprint density at radius 1 is 1.07 bits per heavy atom. The molecule has 0 atom stereocenters. The second kappa shape index (κ2) is 8.64. The molecule has 2 aromatic rings. The molecule has 0 saturated heterocycles. The van der Waals surface area contributed by atoms with E-state index in [1.54, 1.807) is 18.2 Å². The lowest BCUT2D eigenvalue weighted by Crippen LogP contribution is -2.21. The van der Waals surface area contributed by atoms with E-state index in [0.29, 0.717) is 16.8 Å². The number of carbonyl (C=O) groups is 3. The minimum absolute atomic E-state index is 0.0175. The van der Waals surface area contributed by atoms with E-state index < -0.39 is 28.8 Å². The van der Waals surface area contributed by atoms with Gasteiger partial charge in [0.1, 0.15) is 0 Å². The molecule has 8 heteroatoms. The molecule has 0 aromatic heterocycles. The summed E-state index contributed by atoms with van der Waals surface area (Å²) < 4.78 is 4.96. The molecule has 0 aliphatic carbocycles. The van der Waals surface area contributed by atoms with Crippen LogP contribution in [0, 0.1) is 10.1 Å². The number of nitro groups is 1. The lowest BCUT2D eigenvalue weighted by Gasteiger charge is -2.19. The van der Waals surface area contributed by atoms with Crippen molar-refractivity contribution in [2.75, 3.05) is 11.9 Å². The van der Waals surface area contributed by atoms with Crippen molar-refractivity contribution in [3.63, 3.8) is 0 Å². The third kappa shape index (κ3) is 5.71. The molecule has 8 nitrogen and oxygen atoms in total. The summed E-state index contributed by atoms with van der Waals surface area (Å²) in [6, 6.07) is 10.4. The van der Waals surface area contributed by atoms with Crippen LogP contribution >= 0.6 is 0 Å². The first kappa shape index (κ1) is 21.7. The number of hydrogen-bond donors (Lipinski definition) is 1. The number of amides is 1. The Labute approximate surface area is 168 Å². The summed E-state index contributed by atoms with van der Waals surface area (Å²) in [4.78, 5) is 46.4. The highest BCUT2D eigenvalue weighted by molar-refractivity contribution is 5.98. The van der Waals surface area contributed by atoms with Crippen molar-refractivity contribution < 1.29 is 24.0 Å². The number of anilines is 1. The van der Waals surface area contributed by atoms with Gasteiger partial charge in [-0.3, -0.25) is 19.7 Å². The SMILES string of the molecule is CC(=O)c1cccc(NC(=O)COC(=O)c2ccc(C(C)(C)C)c([N+](=O)[O-])c2)c1. The molecule has 0 saturated carbocycles. The third-order valence-corrected chi connectivity index (χ3v) is 4.13. The molecule has 0 fully saturated rings. The number of nitrogens with one attached hydrogen (secondary N) is 1. The van der Waals surface area contributed by atoms with Crippen LogP contribution in [0.2, 0.25) is 0 Å². The van der Waals surface area contributed by atoms with Crippen molar-refractivity contribution in [2.45, 2.75) is 33.1 Å². The van der Waals surface area contributed by atoms with Gasteiger partial charge in [0.25, 0.3) is 11.6 Å². The summed E-state index contributed by atoms with van der Waals surface area (Å²) in [7, 11) is 0. The van der Waals surface area contributed by atoms with Gasteiger partial charge < -0.3 is 10.1 Å². The van der Waals surface area contributed by atoms with Gasteiger partial charge in [0.2, 0.25) is 0 Å². The number of ketones is 1. The van der Waals surface area contributed by atoms with Crippen LogP contribution in [0.5, 0.6) is 0 Å². The highest BCUT2D eigenvalue weighted by Crippen LogP contribution is 2.32. The highest BCUT2D eigenvalue weighted by atomic mass is 16.6. The molecular weight excluding hydrogens is 376 g/mol. The number of rotatable bonds is 6. The maximum Gasteiger partial charge on any atom is 0.338 e. The number of carbonyl (C=O) groups excluding carboxylic acids is 3. The van der Waals surface area contributed by atoms with Gasteiger partial charge in [0.05, 0.1) is 10.5 Å². The predicted octanol–water partition coefficient (Wildman–Crippen LogP) is 3.89. The number of nitrogens with zero attached hydrogens (tertiary/aromatic N) is 1. The smallest absolute Gasteiger partial charge is 0.338 e. The Hall–Kier alpha value is -3.55. The van der Waals surface area contributed by atoms with E-state index in [2.05, 4.69) is 5.32 Å². The zero-order valence-electron chi connectivity index (χ0n) is 16.6. The zero-order chi connectivity index (χ0) is 21.8. The van der Waals surface area contributed by atoms with Crippen LogP contribution < -0.4 is 5.32 Å². The number of Topliss-reactive ketones (excluding diaryl/α,β-unsaturated/α-hetero) is 1. The molecule has 0 spiro atoms. The second-order valence-electron chi connectivity index (χ2n) is 7.50. The van der Waals surface area contributed by atoms with Crippen LogP contribution in [-0.2, 0) is 14.9 Å². The van der Waals surface area contributed by atoms with E-state index in [9.17, 15) is 24.5 Å². The molecule has 0 unspecified atom stereocenters. The number of ether oxygens (including phenoxy) is 1. The van der Waals surface area contributed by atoms with Crippen molar-refractivity contribution in [2.24, 2.45) is 0 Å². The van der Waals surface area contributed by atoms with Crippen LogP contribution in [0.4, 0.5) is 11.4 Å². The van der Waals surface area contributed by atoms with Crippen LogP contribution in [0.25, 0.3) is 0 Å². The van der Waals surface area contributed by atoms with Gasteiger partial charge in [0.15, 0.2) is 12.4 Å². The molecule has 2 aromatic carbocycles. The molecule has 152 valence electrons. The first-order valence-electron chi connectivity index (χ1n) is 8.86. The van der Waals surface area contributed by atoms with Gasteiger partial charge in [-0.15, -0.1) is 0 Å². The Kier molecular flexibility index (Phi) is 6.48. The Balaban J connectivity index is 2.06. The molecule has 1 N–H and O–H groups in total. The van der Waals surface area contributed by atoms with Gasteiger partial charge in [-0.2, -0.15) is 0 Å². The average Bonchev–Trinajstić information content (AvgIpc) is 2.65. The predicted molar refractivity (Wildman–Crippen MR) is 107 cm³/mol. The van der Waals surface area contributed by atoms with Gasteiger partial charge in [0, 0.05) is 22.9 Å². The van der Waals surface area contributed by atoms with E-state index in [0.717, 1.165) is 6.07 Å². The van der Waals surface area contributed by atoms with Gasteiger partial charge >= 0.3 is 5.97 Å². The summed E-state index contributed by atoms with van der Waals surface area (Å²) in [6.45, 7) is 6.33. The van der Waals surface area contributed by atoms with Crippen molar-refractivity contribution in [1.82, 2.24) is 0 Å². The Morgan fingerprint density at radius 2 is 1.76 bits per heavy atom. The Bertz CT molecular complexity index is 975. The molecular formula is C21H22N2O6. The molecule has 0 aliphatic rings. The normalized spacial score (nSPS) is 10.9. The van der Waals surface area contributed by atoms with Crippen LogP contribution in [-0.4, -0.2) is 29.2 Å². The first-order valence-corrected chi connectivity index (χ1v) is 8.86. The van der Waals surface area contributed by atoms with E-state index in [1.165, 1.54) is 25.1 Å². The Morgan fingerprint density at radius 3 is 2.34 bits per heavy atom. The van der Waals surface area contributed by atoms with Gasteiger partial charge in [-0.05, 0) is 30.5 Å². The van der Waals surface area contributed by atoms with Crippen LogP contribution in [0.3, 0.4) is 0 Å². The monoisotopic (exact) mass is 398 g/mol. The summed E-state index contributed by atoms with van der Waals surface area (Å²) in [6.07, 6.45) is 0. The number of nitro benzene ring substituents is 1. The fraction of sp³-hybridized carbons (Fsp3) is 0.286. The topological polar surface area (TPSA) is 116 Å². The average molecular weight is 398 g/mol. The molecule has 0 bridgehead atoms. The third-order valence-electron chi connectivity index (χ3n) is 4.13. The molecule has 1 amide bonds. The first-order chi connectivity index (χ1) is 13.5.